The van der Waals surface area contributed by atoms with Gasteiger partial charge in [0.15, 0.2) is 0 Å². The number of methoxy groups -OCH3 is 1. The zero-order chi connectivity index (χ0) is 20.2. The van der Waals surface area contributed by atoms with Gasteiger partial charge in [0.2, 0.25) is 0 Å². The molecule has 0 saturated heterocycles. The summed E-state index contributed by atoms with van der Waals surface area (Å²) in [7, 11) is 3.81. The van der Waals surface area contributed by atoms with Crippen molar-refractivity contribution in [3.05, 3.63) is 41.0 Å². The minimum atomic E-state index is -0.483. The first-order valence-corrected chi connectivity index (χ1v) is 9.75. The van der Waals surface area contributed by atoms with E-state index in [0.29, 0.717) is 13.1 Å². The topological polar surface area (TPSA) is 43.7 Å². The summed E-state index contributed by atoms with van der Waals surface area (Å²) in [6.45, 7) is 9.17. The molecule has 28 heavy (non-hydrogen) atoms. The lowest BCUT2D eigenvalue weighted by Crippen LogP contribution is -2.40. The summed E-state index contributed by atoms with van der Waals surface area (Å²) >= 11 is 0. The minimum absolute atomic E-state index is 0.240. The van der Waals surface area contributed by atoms with Crippen molar-refractivity contribution in [3.8, 4) is 5.75 Å². The molecule has 2 aromatic carbocycles. The molecule has 0 radical (unpaired) electrons. The van der Waals surface area contributed by atoms with Crippen LogP contribution in [-0.2, 0) is 24.8 Å². The van der Waals surface area contributed by atoms with Crippen molar-refractivity contribution in [2.24, 2.45) is 7.05 Å². The molecule has 1 aromatic heterocycles. The molecule has 0 unspecified atom stereocenters. The van der Waals surface area contributed by atoms with Crippen LogP contribution in [0.5, 0.6) is 5.75 Å². The van der Waals surface area contributed by atoms with Crippen LogP contribution in [0.2, 0.25) is 0 Å². The summed E-state index contributed by atoms with van der Waals surface area (Å²) in [6.07, 6.45) is 0.602. The van der Waals surface area contributed by atoms with Gasteiger partial charge in [0.25, 0.3) is 0 Å². The Labute approximate surface area is 165 Å². The Hall–Kier alpha value is -2.69. The Morgan fingerprint density at radius 2 is 1.89 bits per heavy atom. The van der Waals surface area contributed by atoms with Gasteiger partial charge in [-0.1, -0.05) is 12.1 Å². The van der Waals surface area contributed by atoms with E-state index in [9.17, 15) is 4.79 Å². The minimum Gasteiger partial charge on any atom is -0.495 e. The maximum atomic E-state index is 12.6. The lowest BCUT2D eigenvalue weighted by atomic mass is 9.92. The van der Waals surface area contributed by atoms with Crippen LogP contribution in [0, 0.1) is 6.92 Å². The average molecular weight is 380 g/mol. The normalized spacial score (nSPS) is 14.4. The van der Waals surface area contributed by atoms with Crippen LogP contribution in [0.1, 0.15) is 37.5 Å². The molecule has 1 aliphatic heterocycles. The number of rotatable bonds is 1. The molecule has 2 heterocycles. The van der Waals surface area contributed by atoms with E-state index in [1.165, 1.54) is 33.0 Å². The number of para-hydroxylation sites is 1. The van der Waals surface area contributed by atoms with Crippen molar-refractivity contribution in [2.45, 2.75) is 46.3 Å². The van der Waals surface area contributed by atoms with Gasteiger partial charge in [-0.2, -0.15) is 0 Å². The third kappa shape index (κ3) is 2.89. The zero-order valence-corrected chi connectivity index (χ0v) is 17.5. The molecule has 4 rings (SSSR count). The predicted octanol–water partition coefficient (Wildman–Crippen LogP) is 4.94. The van der Waals surface area contributed by atoms with E-state index in [1.54, 1.807) is 7.11 Å². The Kier molecular flexibility index (Phi) is 4.29. The molecule has 5 heteroatoms. The second-order valence-electron chi connectivity index (χ2n) is 8.60. The van der Waals surface area contributed by atoms with Crippen molar-refractivity contribution in [1.82, 2.24) is 9.47 Å². The van der Waals surface area contributed by atoms with Crippen molar-refractivity contribution >= 4 is 27.9 Å². The molecule has 0 fully saturated rings. The van der Waals surface area contributed by atoms with E-state index in [0.717, 1.165) is 17.7 Å². The monoisotopic (exact) mass is 380 g/mol. The smallest absolute Gasteiger partial charge is 0.410 e. The number of hydrogen-bond donors (Lipinski definition) is 0. The fourth-order valence-corrected chi connectivity index (χ4v) is 4.42. The van der Waals surface area contributed by atoms with Gasteiger partial charge in [-0.3, -0.25) is 0 Å². The predicted molar refractivity (Wildman–Crippen MR) is 112 cm³/mol. The Balaban J connectivity index is 1.84. The SMILES string of the molecule is COc1cccc2c3cc4c(c(C)c3n(C)c12)CCN(C(=O)OC(C)(C)C)C4. The number of aromatic nitrogens is 1. The van der Waals surface area contributed by atoms with E-state index >= 15 is 0 Å². The molecular formula is C23H28N2O3. The summed E-state index contributed by atoms with van der Waals surface area (Å²) in [5.41, 5.74) is 5.70. The fraction of sp³-hybridized carbons (Fsp3) is 0.435. The molecule has 148 valence electrons. The first-order chi connectivity index (χ1) is 13.2. The van der Waals surface area contributed by atoms with E-state index < -0.39 is 5.60 Å². The van der Waals surface area contributed by atoms with Crippen LogP contribution in [0.15, 0.2) is 24.3 Å². The fourth-order valence-electron chi connectivity index (χ4n) is 4.42. The first kappa shape index (κ1) is 18.7. The molecule has 0 saturated carbocycles. The number of benzene rings is 2. The third-order valence-electron chi connectivity index (χ3n) is 5.59. The molecule has 0 atom stereocenters. The molecule has 5 nitrogen and oxygen atoms in total. The molecule has 1 amide bonds. The van der Waals surface area contributed by atoms with Gasteiger partial charge in [0.05, 0.1) is 18.1 Å². The van der Waals surface area contributed by atoms with Crippen LogP contribution in [-0.4, -0.2) is 34.8 Å². The van der Waals surface area contributed by atoms with E-state index in [2.05, 4.69) is 30.7 Å². The quantitative estimate of drug-likeness (QED) is 0.600. The lowest BCUT2D eigenvalue weighted by Gasteiger charge is -2.32. The maximum absolute atomic E-state index is 12.6. The van der Waals surface area contributed by atoms with E-state index in [-0.39, 0.29) is 6.09 Å². The first-order valence-electron chi connectivity index (χ1n) is 9.75. The summed E-state index contributed by atoms with van der Waals surface area (Å²) in [6, 6.07) is 8.42. The van der Waals surface area contributed by atoms with E-state index in [1.807, 2.05) is 37.8 Å². The maximum Gasteiger partial charge on any atom is 0.410 e. The van der Waals surface area contributed by atoms with Gasteiger partial charge in [-0.15, -0.1) is 0 Å². The number of carbonyl (C=O) groups is 1. The van der Waals surface area contributed by atoms with Crippen LogP contribution in [0.3, 0.4) is 0 Å². The summed E-state index contributed by atoms with van der Waals surface area (Å²) < 4.78 is 13.4. The average Bonchev–Trinajstić information content (AvgIpc) is 2.93. The third-order valence-corrected chi connectivity index (χ3v) is 5.59. The van der Waals surface area contributed by atoms with Crippen LogP contribution in [0.4, 0.5) is 4.79 Å². The zero-order valence-electron chi connectivity index (χ0n) is 17.5. The number of ether oxygens (including phenoxy) is 2. The number of amides is 1. The lowest BCUT2D eigenvalue weighted by molar-refractivity contribution is 0.0224. The summed E-state index contributed by atoms with van der Waals surface area (Å²) in [5.74, 6) is 0.879. The standard InChI is InChI=1S/C23H28N2O3/c1-14-16-10-11-25(22(26)28-23(2,3)4)13-15(16)12-18-17-8-7-9-19(27-6)21(17)24(5)20(14)18/h7-9,12H,10-11,13H2,1-6H3. The second kappa shape index (κ2) is 6.43. The van der Waals surface area contributed by atoms with Crippen LogP contribution >= 0.6 is 0 Å². The summed E-state index contributed by atoms with van der Waals surface area (Å²) in [4.78, 5) is 14.4. The molecule has 1 aliphatic rings. The Bertz CT molecular complexity index is 1090. The number of carbonyl (C=O) groups excluding carboxylic acids is 1. The van der Waals surface area contributed by atoms with Gasteiger partial charge in [-0.25, -0.2) is 4.79 Å². The highest BCUT2D eigenvalue weighted by molar-refractivity contribution is 6.11. The Morgan fingerprint density at radius 1 is 1.14 bits per heavy atom. The van der Waals surface area contributed by atoms with Crippen molar-refractivity contribution in [1.29, 1.82) is 0 Å². The van der Waals surface area contributed by atoms with Gasteiger partial charge in [0, 0.05) is 30.9 Å². The van der Waals surface area contributed by atoms with Crippen LogP contribution in [0.25, 0.3) is 21.8 Å². The second-order valence-corrected chi connectivity index (χ2v) is 8.60. The number of nitrogens with zero attached hydrogens (tertiary/aromatic N) is 2. The van der Waals surface area contributed by atoms with Gasteiger partial charge in [0.1, 0.15) is 11.4 Å². The number of aryl methyl sites for hydroxylation is 2. The van der Waals surface area contributed by atoms with Gasteiger partial charge < -0.3 is 18.9 Å². The molecule has 0 bridgehead atoms. The molecule has 0 spiro atoms. The van der Waals surface area contributed by atoms with Crippen molar-refractivity contribution < 1.29 is 14.3 Å². The van der Waals surface area contributed by atoms with Crippen LogP contribution < -0.4 is 4.74 Å². The summed E-state index contributed by atoms with van der Waals surface area (Å²) in [5, 5.41) is 2.39. The van der Waals surface area contributed by atoms with Gasteiger partial charge >= 0.3 is 6.09 Å². The number of fused-ring (bicyclic) bond motifs is 4. The van der Waals surface area contributed by atoms with Gasteiger partial charge in [-0.05, 0) is 62.9 Å². The Morgan fingerprint density at radius 3 is 2.57 bits per heavy atom. The number of hydrogen-bond acceptors (Lipinski definition) is 3. The van der Waals surface area contributed by atoms with Crippen molar-refractivity contribution in [2.75, 3.05) is 13.7 Å². The largest absolute Gasteiger partial charge is 0.495 e. The molecular weight excluding hydrogens is 352 g/mol. The molecule has 0 N–H and O–H groups in total. The molecule has 3 aromatic rings. The highest BCUT2D eigenvalue weighted by atomic mass is 16.6. The molecule has 0 aliphatic carbocycles. The van der Waals surface area contributed by atoms with Crippen molar-refractivity contribution in [3.63, 3.8) is 0 Å². The highest BCUT2D eigenvalue weighted by Crippen LogP contribution is 2.38. The highest BCUT2D eigenvalue weighted by Gasteiger charge is 2.28. The van der Waals surface area contributed by atoms with E-state index in [4.69, 9.17) is 9.47 Å².